The second kappa shape index (κ2) is 20.7. The SMILES string of the molecule is COC(=O)[C@H](CCSC)NC(=O)C1CC(C(=O)N[C@@H](CCSC)C(=O)OC)CC(C(=O)N[C@@H](CCSC)C(=O)OC)C1. The molecule has 3 amide bonds. The van der Waals surface area contributed by atoms with Crippen LogP contribution in [0.3, 0.4) is 0 Å². The fourth-order valence-electron chi connectivity index (χ4n) is 4.71. The lowest BCUT2D eigenvalue weighted by atomic mass is 9.73. The average molecular weight is 652 g/mol. The van der Waals surface area contributed by atoms with Gasteiger partial charge < -0.3 is 30.2 Å². The topological polar surface area (TPSA) is 166 Å². The minimum atomic E-state index is -0.873. The van der Waals surface area contributed by atoms with Crippen molar-refractivity contribution in [2.45, 2.75) is 56.7 Å². The van der Waals surface area contributed by atoms with Crippen LogP contribution in [0.1, 0.15) is 38.5 Å². The van der Waals surface area contributed by atoms with Gasteiger partial charge in [-0.25, -0.2) is 14.4 Å². The summed E-state index contributed by atoms with van der Waals surface area (Å²) >= 11 is 4.55. The lowest BCUT2D eigenvalue weighted by Crippen LogP contribution is -2.51. The molecule has 0 aromatic rings. The van der Waals surface area contributed by atoms with Crippen molar-refractivity contribution in [2.24, 2.45) is 17.8 Å². The van der Waals surface area contributed by atoms with Gasteiger partial charge in [0.05, 0.1) is 21.3 Å². The molecule has 42 heavy (non-hydrogen) atoms. The molecule has 0 spiro atoms. The number of nitrogens with one attached hydrogen (secondary N) is 3. The van der Waals surface area contributed by atoms with Crippen LogP contribution in [-0.2, 0) is 43.0 Å². The van der Waals surface area contributed by atoms with Gasteiger partial charge in [0.15, 0.2) is 0 Å². The monoisotopic (exact) mass is 651 g/mol. The van der Waals surface area contributed by atoms with Crippen molar-refractivity contribution in [2.75, 3.05) is 57.4 Å². The van der Waals surface area contributed by atoms with Gasteiger partial charge in [0.2, 0.25) is 17.7 Å². The Morgan fingerprint density at radius 1 is 0.548 bits per heavy atom. The first-order valence-electron chi connectivity index (χ1n) is 13.7. The lowest BCUT2D eigenvalue weighted by molar-refractivity contribution is -0.148. The summed E-state index contributed by atoms with van der Waals surface area (Å²) in [6, 6.07) is -2.62. The molecule has 12 nitrogen and oxygen atoms in total. The van der Waals surface area contributed by atoms with Crippen LogP contribution >= 0.6 is 35.3 Å². The van der Waals surface area contributed by atoms with E-state index < -0.39 is 71.5 Å². The molecule has 0 aromatic heterocycles. The maximum Gasteiger partial charge on any atom is 0.328 e. The van der Waals surface area contributed by atoms with E-state index in [2.05, 4.69) is 16.0 Å². The Hall–Kier alpha value is -2.13. The molecule has 1 aliphatic rings. The maximum atomic E-state index is 13.4. The van der Waals surface area contributed by atoms with Gasteiger partial charge in [0.1, 0.15) is 18.1 Å². The first kappa shape index (κ1) is 37.9. The Bertz CT molecular complexity index is 804. The van der Waals surface area contributed by atoms with Crippen LogP contribution in [0.4, 0.5) is 0 Å². The fraction of sp³-hybridized carbons (Fsp3) is 0.778. The third-order valence-electron chi connectivity index (χ3n) is 7.06. The molecule has 0 heterocycles. The molecule has 0 bridgehead atoms. The smallest absolute Gasteiger partial charge is 0.328 e. The first-order chi connectivity index (χ1) is 20.1. The summed E-state index contributed by atoms with van der Waals surface area (Å²) in [6.45, 7) is 0. The normalized spacial score (nSPS) is 20.3. The number of esters is 3. The molecule has 1 aliphatic carbocycles. The van der Waals surface area contributed by atoms with E-state index in [-0.39, 0.29) is 19.3 Å². The fourth-order valence-corrected chi connectivity index (χ4v) is 6.12. The summed E-state index contributed by atoms with van der Waals surface area (Å²) in [6.07, 6.45) is 7.04. The van der Waals surface area contributed by atoms with Crippen molar-refractivity contribution >= 4 is 70.9 Å². The first-order valence-corrected chi connectivity index (χ1v) is 17.9. The highest BCUT2D eigenvalue weighted by Crippen LogP contribution is 2.35. The summed E-state index contributed by atoms with van der Waals surface area (Å²) in [5, 5.41) is 8.22. The van der Waals surface area contributed by atoms with Gasteiger partial charge in [-0.2, -0.15) is 35.3 Å². The third-order valence-corrected chi connectivity index (χ3v) is 8.99. The molecule has 0 unspecified atom stereocenters. The number of ether oxygens (including phenoxy) is 3. The summed E-state index contributed by atoms with van der Waals surface area (Å²) in [5.41, 5.74) is 0. The Morgan fingerprint density at radius 3 is 0.976 bits per heavy atom. The molecule has 3 N–H and O–H groups in total. The molecule has 15 heteroatoms. The van der Waals surface area contributed by atoms with Crippen LogP contribution < -0.4 is 16.0 Å². The minimum absolute atomic E-state index is 0.112. The van der Waals surface area contributed by atoms with Crippen LogP contribution in [0.25, 0.3) is 0 Å². The van der Waals surface area contributed by atoms with Gasteiger partial charge in [0.25, 0.3) is 0 Å². The van der Waals surface area contributed by atoms with E-state index in [1.54, 1.807) is 0 Å². The zero-order valence-corrected chi connectivity index (χ0v) is 27.7. The molecule has 0 saturated heterocycles. The minimum Gasteiger partial charge on any atom is -0.467 e. The summed E-state index contributed by atoms with van der Waals surface area (Å²) in [5.74, 6) is -3.68. The van der Waals surface area contributed by atoms with E-state index in [0.29, 0.717) is 36.5 Å². The molecule has 0 aromatic carbocycles. The summed E-state index contributed by atoms with van der Waals surface area (Å²) < 4.78 is 14.6. The zero-order valence-electron chi connectivity index (χ0n) is 25.2. The summed E-state index contributed by atoms with van der Waals surface area (Å²) in [7, 11) is 3.72. The molecule has 0 radical (unpaired) electrons. The van der Waals surface area contributed by atoms with E-state index in [1.165, 1.54) is 56.6 Å². The third kappa shape index (κ3) is 12.6. The van der Waals surface area contributed by atoms with Crippen LogP contribution in [0.5, 0.6) is 0 Å². The Morgan fingerprint density at radius 2 is 0.786 bits per heavy atom. The Balaban J connectivity index is 3.24. The Kier molecular flexibility index (Phi) is 18.7. The van der Waals surface area contributed by atoms with E-state index in [1.807, 2.05) is 18.8 Å². The van der Waals surface area contributed by atoms with Gasteiger partial charge >= 0.3 is 17.9 Å². The maximum absolute atomic E-state index is 13.4. The molecular formula is C27H45N3O9S3. The van der Waals surface area contributed by atoms with Gasteiger partial charge in [-0.1, -0.05) is 0 Å². The van der Waals surface area contributed by atoms with Crippen LogP contribution in [0.2, 0.25) is 0 Å². The molecular weight excluding hydrogens is 607 g/mol. The van der Waals surface area contributed by atoms with Crippen molar-refractivity contribution in [3.63, 3.8) is 0 Å². The molecule has 240 valence electrons. The van der Waals surface area contributed by atoms with Crippen LogP contribution in [0, 0.1) is 17.8 Å². The van der Waals surface area contributed by atoms with Crippen LogP contribution in [0.15, 0.2) is 0 Å². The number of amides is 3. The van der Waals surface area contributed by atoms with E-state index in [0.717, 1.165) is 0 Å². The van der Waals surface area contributed by atoms with Gasteiger partial charge in [-0.15, -0.1) is 0 Å². The molecule has 1 fully saturated rings. The molecule has 0 aliphatic heterocycles. The lowest BCUT2D eigenvalue weighted by Gasteiger charge is -2.34. The number of hydrogen-bond donors (Lipinski definition) is 3. The highest BCUT2D eigenvalue weighted by atomic mass is 32.2. The number of carbonyl (C=O) groups is 6. The van der Waals surface area contributed by atoms with Gasteiger partial charge in [0, 0.05) is 17.8 Å². The zero-order chi connectivity index (χ0) is 31.7. The predicted octanol–water partition coefficient (Wildman–Crippen LogP) is 1.25. The van der Waals surface area contributed by atoms with Crippen LogP contribution in [-0.4, -0.2) is 111 Å². The summed E-state index contributed by atoms with van der Waals surface area (Å²) in [4.78, 5) is 77.2. The highest BCUT2D eigenvalue weighted by Gasteiger charge is 2.41. The van der Waals surface area contributed by atoms with Gasteiger partial charge in [-0.3, -0.25) is 14.4 Å². The molecule has 3 atom stereocenters. The largest absolute Gasteiger partial charge is 0.467 e. The number of methoxy groups -OCH3 is 3. The second-order valence-corrected chi connectivity index (χ2v) is 12.9. The van der Waals surface area contributed by atoms with Crippen molar-refractivity contribution in [3.8, 4) is 0 Å². The average Bonchev–Trinajstić information content (AvgIpc) is 3.01. The standard InChI is InChI=1S/C27H45N3O9S3/c1-37-25(34)19(7-10-40-4)28-22(31)16-13-17(23(32)29-20(8-11-41-5)26(35)38-2)15-18(14-16)24(33)30-21(9-12-42-6)27(36)39-3/h16-21H,7-15H2,1-6H3,(H,28,31)(H,29,32)(H,30,33)/t16?,17?,18?,19-,20-,21-/m0/s1. The highest BCUT2D eigenvalue weighted by molar-refractivity contribution is 7.98. The second-order valence-electron chi connectivity index (χ2n) is 9.90. The van der Waals surface area contributed by atoms with E-state index in [9.17, 15) is 28.8 Å². The van der Waals surface area contributed by atoms with Crippen molar-refractivity contribution in [1.29, 1.82) is 0 Å². The van der Waals surface area contributed by atoms with Crippen molar-refractivity contribution in [1.82, 2.24) is 16.0 Å². The van der Waals surface area contributed by atoms with E-state index in [4.69, 9.17) is 14.2 Å². The van der Waals surface area contributed by atoms with Gasteiger partial charge in [-0.05, 0) is 74.6 Å². The van der Waals surface area contributed by atoms with Crippen molar-refractivity contribution in [3.05, 3.63) is 0 Å². The molecule has 1 saturated carbocycles. The Labute approximate surface area is 261 Å². The number of hydrogen-bond acceptors (Lipinski definition) is 12. The van der Waals surface area contributed by atoms with Crippen molar-refractivity contribution < 1.29 is 43.0 Å². The predicted molar refractivity (Wildman–Crippen MR) is 165 cm³/mol. The van der Waals surface area contributed by atoms with E-state index >= 15 is 0 Å². The molecule has 1 rings (SSSR count). The number of rotatable bonds is 18. The number of thioether (sulfide) groups is 3. The number of carbonyl (C=O) groups excluding carboxylic acids is 6. The quantitative estimate of drug-likeness (QED) is 0.144.